The second kappa shape index (κ2) is 10.2. The van der Waals surface area contributed by atoms with E-state index in [1.54, 1.807) is 0 Å². The topological polar surface area (TPSA) is 224 Å². The zero-order valence-electron chi connectivity index (χ0n) is 16.1. The van der Waals surface area contributed by atoms with E-state index < -0.39 is 71.7 Å². The molecule has 1 aromatic heterocycles. The quantitative estimate of drug-likeness (QED) is 0.127. The van der Waals surface area contributed by atoms with E-state index in [2.05, 4.69) is 8.37 Å². The van der Waals surface area contributed by atoms with Crippen molar-refractivity contribution in [2.45, 2.75) is 0 Å². The Hall–Kier alpha value is -1.53. The van der Waals surface area contributed by atoms with Crippen LogP contribution in [-0.4, -0.2) is 41.3 Å². The molecular weight excluding hydrogens is 498 g/mol. The van der Waals surface area contributed by atoms with E-state index in [1.807, 2.05) is 0 Å². The summed E-state index contributed by atoms with van der Waals surface area (Å²) in [6.45, 7) is 0. The summed E-state index contributed by atoms with van der Waals surface area (Å²) in [6, 6.07) is 4.07. The van der Waals surface area contributed by atoms with Gasteiger partial charge in [-0.2, -0.15) is 0 Å². The van der Waals surface area contributed by atoms with E-state index in [-0.39, 0.29) is 64.7 Å². The van der Waals surface area contributed by atoms with Crippen LogP contribution in [0.25, 0.3) is 22.3 Å². The maximum atomic E-state index is 12.7. The number of phenols is 3. The molecule has 3 rings (SSSR count). The summed E-state index contributed by atoms with van der Waals surface area (Å²) < 4.78 is 78.9. The number of aromatic hydroxyl groups is 3. The van der Waals surface area contributed by atoms with Crippen molar-refractivity contribution in [3.63, 3.8) is 0 Å². The second-order valence-electron chi connectivity index (χ2n) is 5.59. The number of hydrogen-bond acceptors (Lipinski definition) is 13. The first-order valence-electron chi connectivity index (χ1n) is 7.42. The molecule has 0 radical (unpaired) electrons. The smallest absolute Gasteiger partial charge is 0.716 e. The molecule has 1 heterocycles. The van der Waals surface area contributed by atoms with Crippen molar-refractivity contribution in [1.82, 2.24) is 0 Å². The van der Waals surface area contributed by atoms with Crippen molar-refractivity contribution < 1.29 is 113 Å². The largest absolute Gasteiger partial charge is 1.00 e. The van der Waals surface area contributed by atoms with Gasteiger partial charge in [-0.3, -0.25) is 4.79 Å². The van der Waals surface area contributed by atoms with Gasteiger partial charge in [0.25, 0.3) is 20.8 Å². The van der Waals surface area contributed by atoms with Gasteiger partial charge in [0.05, 0.1) is 0 Å². The van der Waals surface area contributed by atoms with Crippen LogP contribution in [0, 0.1) is 0 Å². The Bertz CT molecular complexity index is 1450. The molecule has 0 aliphatic rings. The van der Waals surface area contributed by atoms with E-state index >= 15 is 0 Å². The third-order valence-electron chi connectivity index (χ3n) is 3.53. The summed E-state index contributed by atoms with van der Waals surface area (Å²) in [7, 11) is -10.8. The second-order valence-corrected chi connectivity index (χ2v) is 7.56. The molecule has 160 valence electrons. The summed E-state index contributed by atoms with van der Waals surface area (Å²) in [5.41, 5.74) is -2.23. The van der Waals surface area contributed by atoms with Gasteiger partial charge in [-0.25, -0.2) is 16.8 Å². The first-order valence-corrected chi connectivity index (χ1v) is 10.1. The molecule has 0 saturated heterocycles. The van der Waals surface area contributed by atoms with Gasteiger partial charge in [0.2, 0.25) is 11.2 Å². The van der Waals surface area contributed by atoms with Crippen LogP contribution < -0.4 is 72.9 Å². The molecule has 0 aliphatic carbocycles. The molecule has 13 nitrogen and oxygen atoms in total. The molecule has 0 saturated carbocycles. The van der Waals surface area contributed by atoms with Crippen LogP contribution in [0.3, 0.4) is 0 Å². The third kappa shape index (κ3) is 6.50. The normalized spacial score (nSPS) is 11.3. The standard InChI is InChI=1S/C15H10O13S2.2Na/c16-8-2-1-6(3-9(8)17)14-15(28-30(23,24)25)13(19)12-10(18)4-7(5-11(12)26-14)27-29(20,21)22;;/h1-5,16-18H,(H,20,21,22)(H,23,24,25);;/q;2*+1/p-2. The van der Waals surface area contributed by atoms with Crippen LogP contribution in [0.2, 0.25) is 0 Å². The molecule has 2 aromatic carbocycles. The van der Waals surface area contributed by atoms with Gasteiger partial charge in [0.15, 0.2) is 17.3 Å². The van der Waals surface area contributed by atoms with E-state index in [0.717, 1.165) is 18.2 Å². The maximum Gasteiger partial charge on any atom is 1.00 e. The molecule has 0 unspecified atom stereocenters. The van der Waals surface area contributed by atoms with E-state index in [9.17, 15) is 46.1 Å². The average Bonchev–Trinajstić information content (AvgIpc) is 2.56. The minimum Gasteiger partial charge on any atom is -0.716 e. The SMILES string of the molecule is O=c1c(OS(=O)(=O)[O-])c(-c2ccc(O)c(O)c2)oc2cc(OS(=O)(=O)[O-])cc(O)c12.[Na+].[Na+]. The predicted octanol–water partition coefficient (Wildman–Crippen LogP) is -5.74. The monoisotopic (exact) mass is 506 g/mol. The van der Waals surface area contributed by atoms with Crippen LogP contribution in [0.1, 0.15) is 0 Å². The maximum absolute atomic E-state index is 12.7. The molecule has 32 heavy (non-hydrogen) atoms. The van der Waals surface area contributed by atoms with Gasteiger partial charge in [0.1, 0.15) is 22.5 Å². The van der Waals surface area contributed by atoms with E-state index in [4.69, 9.17) is 4.42 Å². The Morgan fingerprint density at radius 2 is 1.41 bits per heavy atom. The van der Waals surface area contributed by atoms with Crippen LogP contribution >= 0.6 is 0 Å². The minimum atomic E-state index is -5.51. The number of benzene rings is 2. The minimum absolute atomic E-state index is 0. The molecule has 0 aliphatic heterocycles. The zero-order chi connectivity index (χ0) is 22.4. The average molecular weight is 506 g/mol. The molecule has 3 N–H and O–H groups in total. The van der Waals surface area contributed by atoms with E-state index in [0.29, 0.717) is 12.1 Å². The van der Waals surface area contributed by atoms with Crippen LogP contribution in [0.4, 0.5) is 0 Å². The Kier molecular flexibility index (Phi) is 9.06. The number of hydrogen-bond donors (Lipinski definition) is 3. The van der Waals surface area contributed by atoms with Crippen LogP contribution in [0.15, 0.2) is 39.5 Å². The third-order valence-corrected chi connectivity index (χ3v) is 4.30. The Balaban J connectivity index is 0.00000256. The zero-order valence-corrected chi connectivity index (χ0v) is 21.8. The fourth-order valence-corrected chi connectivity index (χ4v) is 3.14. The fraction of sp³-hybridized carbons (Fsp3) is 0. The number of fused-ring (bicyclic) bond motifs is 1. The predicted molar refractivity (Wildman–Crippen MR) is 93.6 cm³/mol. The Morgan fingerprint density at radius 3 is 1.94 bits per heavy atom. The Labute approximate surface area is 223 Å². The molecular formula is C15H8Na2O13S2. The molecule has 17 heteroatoms. The number of phenolic OH excluding ortho intramolecular Hbond substituents is 3. The summed E-state index contributed by atoms with van der Waals surface area (Å²) in [5, 5.41) is 28.3. The van der Waals surface area contributed by atoms with Crippen molar-refractivity contribution in [2.24, 2.45) is 0 Å². The summed E-state index contributed by atoms with van der Waals surface area (Å²) >= 11 is 0. The van der Waals surface area contributed by atoms with Gasteiger partial charge in [0, 0.05) is 17.7 Å². The molecule has 0 fully saturated rings. The molecule has 0 atom stereocenters. The van der Waals surface area contributed by atoms with Crippen molar-refractivity contribution in [2.75, 3.05) is 0 Å². The van der Waals surface area contributed by atoms with E-state index in [1.165, 1.54) is 0 Å². The Morgan fingerprint density at radius 1 is 0.812 bits per heavy atom. The van der Waals surface area contributed by atoms with Crippen molar-refractivity contribution in [3.8, 4) is 40.1 Å². The van der Waals surface area contributed by atoms with Gasteiger partial charge in [-0.1, -0.05) is 0 Å². The molecule has 0 spiro atoms. The summed E-state index contributed by atoms with van der Waals surface area (Å²) in [5.74, 6) is -4.99. The van der Waals surface area contributed by atoms with Gasteiger partial charge >= 0.3 is 59.1 Å². The van der Waals surface area contributed by atoms with Gasteiger partial charge in [-0.05, 0) is 18.2 Å². The van der Waals surface area contributed by atoms with Crippen molar-refractivity contribution in [3.05, 3.63) is 40.6 Å². The molecule has 0 amide bonds. The van der Waals surface area contributed by atoms with Crippen LogP contribution in [0.5, 0.6) is 28.7 Å². The fourth-order valence-electron chi connectivity index (χ4n) is 2.46. The summed E-state index contributed by atoms with van der Waals surface area (Å²) in [4.78, 5) is 12.7. The first-order chi connectivity index (χ1) is 13.7. The van der Waals surface area contributed by atoms with Gasteiger partial charge in [-0.15, -0.1) is 0 Å². The molecule has 3 aromatic rings. The first kappa shape index (κ1) is 28.5. The summed E-state index contributed by atoms with van der Waals surface area (Å²) in [6.07, 6.45) is 0. The van der Waals surface area contributed by atoms with Crippen LogP contribution in [-0.2, 0) is 20.8 Å². The molecule has 0 bridgehead atoms. The van der Waals surface area contributed by atoms with Crippen molar-refractivity contribution in [1.29, 1.82) is 0 Å². The van der Waals surface area contributed by atoms with Gasteiger partial charge < -0.3 is 37.2 Å². The van der Waals surface area contributed by atoms with Crippen molar-refractivity contribution >= 4 is 31.8 Å². The number of rotatable bonds is 5.